The zero-order chi connectivity index (χ0) is 8.85. The van der Waals surface area contributed by atoms with Crippen LogP contribution in [0.3, 0.4) is 0 Å². The summed E-state index contributed by atoms with van der Waals surface area (Å²) in [6, 6.07) is 0. The van der Waals surface area contributed by atoms with Crippen LogP contribution in [0.1, 0.15) is 13.3 Å². The number of rotatable bonds is 4. The van der Waals surface area contributed by atoms with Crippen molar-refractivity contribution in [3.05, 3.63) is 6.92 Å². The van der Waals surface area contributed by atoms with Gasteiger partial charge < -0.3 is 9.84 Å². The molecule has 0 heterocycles. The van der Waals surface area contributed by atoms with Crippen LogP contribution in [-0.2, 0) is 9.53 Å². The van der Waals surface area contributed by atoms with Gasteiger partial charge in [-0.3, -0.25) is 4.79 Å². The second-order valence-corrected chi connectivity index (χ2v) is 2.58. The molecule has 0 spiro atoms. The van der Waals surface area contributed by atoms with Gasteiger partial charge in [-0.05, 0) is 6.92 Å². The number of hydrogen-bond acceptors (Lipinski definition) is 3. The molecule has 0 fully saturated rings. The molecule has 0 bridgehead atoms. The lowest BCUT2D eigenvalue weighted by molar-refractivity contribution is -0.145. The summed E-state index contributed by atoms with van der Waals surface area (Å²) in [5.41, 5.74) is 0. The van der Waals surface area contributed by atoms with Crippen LogP contribution in [0.15, 0.2) is 0 Å². The van der Waals surface area contributed by atoms with Crippen LogP contribution in [-0.4, -0.2) is 29.2 Å². The van der Waals surface area contributed by atoms with E-state index in [4.69, 9.17) is 16.7 Å². The predicted octanol–water partition coefficient (Wildman–Crippen LogP) is 0.742. The molecule has 2 atom stereocenters. The molecule has 3 nitrogen and oxygen atoms in total. The third-order valence-corrected chi connectivity index (χ3v) is 1.40. The summed E-state index contributed by atoms with van der Waals surface area (Å²) in [5, 5.41) is 8.98. The summed E-state index contributed by atoms with van der Waals surface area (Å²) in [5.74, 6) is -0.264. The molecule has 0 aromatic carbocycles. The Hall–Kier alpha value is -0.280. The van der Waals surface area contributed by atoms with Crippen LogP contribution < -0.4 is 0 Å². The Kier molecular flexibility index (Phi) is 5.24. The normalized spacial score (nSPS) is 15.6. The van der Waals surface area contributed by atoms with Gasteiger partial charge in [-0.15, -0.1) is 11.6 Å². The summed E-state index contributed by atoms with van der Waals surface area (Å²) >= 11 is 5.31. The fourth-order valence-corrected chi connectivity index (χ4v) is 0.775. The number of aliphatic hydroxyl groups is 1. The third-order valence-electron chi connectivity index (χ3n) is 1.05. The summed E-state index contributed by atoms with van der Waals surface area (Å²) in [6.45, 7) is 4.80. The van der Waals surface area contributed by atoms with E-state index in [0.717, 1.165) is 0 Å². The zero-order valence-corrected chi connectivity index (χ0v) is 7.17. The molecule has 0 rings (SSSR count). The number of esters is 1. The van der Waals surface area contributed by atoms with Gasteiger partial charge in [0.15, 0.2) is 0 Å². The predicted molar refractivity (Wildman–Crippen MR) is 42.3 cm³/mol. The number of carbonyl (C=O) groups excluding carboxylic acids is 1. The fourth-order valence-electron chi connectivity index (χ4n) is 0.649. The number of alkyl halides is 1. The standard InChI is InChI=1S/C7H12ClO3/c1-5(11-6(2)9)3-7(10)4-8/h5,7,10H,1,3-4H2,2H3. The Labute approximate surface area is 71.3 Å². The number of carbonyl (C=O) groups is 1. The van der Waals surface area contributed by atoms with E-state index in [1.54, 1.807) is 0 Å². The number of ether oxygens (including phenoxy) is 1. The second-order valence-electron chi connectivity index (χ2n) is 2.28. The lowest BCUT2D eigenvalue weighted by Gasteiger charge is -2.13. The highest BCUT2D eigenvalue weighted by molar-refractivity contribution is 6.18. The van der Waals surface area contributed by atoms with E-state index >= 15 is 0 Å². The molecule has 11 heavy (non-hydrogen) atoms. The highest BCUT2D eigenvalue weighted by Crippen LogP contribution is 2.03. The van der Waals surface area contributed by atoms with E-state index in [2.05, 4.69) is 11.7 Å². The molecule has 2 unspecified atom stereocenters. The molecule has 0 saturated carbocycles. The van der Waals surface area contributed by atoms with Gasteiger partial charge in [-0.25, -0.2) is 0 Å². The molecule has 0 saturated heterocycles. The minimum atomic E-state index is -0.654. The van der Waals surface area contributed by atoms with Gasteiger partial charge in [-0.1, -0.05) is 0 Å². The van der Waals surface area contributed by atoms with Gasteiger partial charge in [0, 0.05) is 19.2 Å². The van der Waals surface area contributed by atoms with Crippen molar-refractivity contribution in [2.24, 2.45) is 0 Å². The van der Waals surface area contributed by atoms with E-state index in [1.165, 1.54) is 6.92 Å². The first-order valence-corrected chi connectivity index (χ1v) is 3.84. The van der Waals surface area contributed by atoms with E-state index in [0.29, 0.717) is 0 Å². The maximum Gasteiger partial charge on any atom is 0.302 e. The highest BCUT2D eigenvalue weighted by Gasteiger charge is 2.11. The Bertz CT molecular complexity index is 127. The largest absolute Gasteiger partial charge is 0.462 e. The molecule has 0 aliphatic carbocycles. The third kappa shape index (κ3) is 6.13. The number of aliphatic hydroxyl groups excluding tert-OH is 1. The molecule has 0 aromatic heterocycles. The van der Waals surface area contributed by atoms with Crippen LogP contribution in [0.2, 0.25) is 0 Å². The number of hydrogen-bond donors (Lipinski definition) is 1. The van der Waals surface area contributed by atoms with Crippen molar-refractivity contribution in [1.82, 2.24) is 0 Å². The molecular formula is C7H12ClO3. The van der Waals surface area contributed by atoms with E-state index < -0.39 is 18.2 Å². The van der Waals surface area contributed by atoms with Gasteiger partial charge in [0.2, 0.25) is 0 Å². The number of halogens is 1. The first-order valence-electron chi connectivity index (χ1n) is 3.30. The zero-order valence-electron chi connectivity index (χ0n) is 6.42. The van der Waals surface area contributed by atoms with Crippen molar-refractivity contribution >= 4 is 17.6 Å². The molecule has 0 aliphatic heterocycles. The van der Waals surface area contributed by atoms with Crippen molar-refractivity contribution in [2.75, 3.05) is 5.88 Å². The van der Waals surface area contributed by atoms with E-state index in [9.17, 15) is 4.79 Å². The first-order chi connectivity index (χ1) is 5.06. The van der Waals surface area contributed by atoms with Gasteiger partial charge in [0.1, 0.15) is 6.10 Å². The minimum Gasteiger partial charge on any atom is -0.462 e. The SMILES string of the molecule is [CH2]C(CC(O)CCl)OC(C)=O. The highest BCUT2D eigenvalue weighted by atomic mass is 35.5. The molecule has 4 heteroatoms. The first kappa shape index (κ1) is 10.7. The average molecular weight is 180 g/mol. The van der Waals surface area contributed by atoms with Crippen LogP contribution >= 0.6 is 11.6 Å². The van der Waals surface area contributed by atoms with Gasteiger partial charge in [-0.2, -0.15) is 0 Å². The second kappa shape index (κ2) is 5.38. The average Bonchev–Trinajstić information content (AvgIpc) is 1.85. The van der Waals surface area contributed by atoms with Crippen molar-refractivity contribution in [2.45, 2.75) is 25.6 Å². The Morgan fingerprint density at radius 1 is 1.82 bits per heavy atom. The Morgan fingerprint density at radius 2 is 2.36 bits per heavy atom. The molecule has 1 N–H and O–H groups in total. The lowest BCUT2D eigenvalue weighted by atomic mass is 10.2. The van der Waals surface area contributed by atoms with Crippen LogP contribution in [0.25, 0.3) is 0 Å². The maximum absolute atomic E-state index is 10.3. The summed E-state index contributed by atoms with van der Waals surface area (Å²) < 4.78 is 4.65. The van der Waals surface area contributed by atoms with E-state index in [1.807, 2.05) is 0 Å². The molecular weight excluding hydrogens is 168 g/mol. The van der Waals surface area contributed by atoms with E-state index in [-0.39, 0.29) is 12.3 Å². The Morgan fingerprint density at radius 3 is 2.73 bits per heavy atom. The molecule has 0 aromatic rings. The van der Waals surface area contributed by atoms with Gasteiger partial charge >= 0.3 is 5.97 Å². The van der Waals surface area contributed by atoms with Gasteiger partial charge in [0.05, 0.1) is 6.10 Å². The molecule has 65 valence electrons. The van der Waals surface area contributed by atoms with Crippen molar-refractivity contribution in [3.63, 3.8) is 0 Å². The molecule has 1 radical (unpaired) electrons. The van der Waals surface area contributed by atoms with Crippen molar-refractivity contribution in [1.29, 1.82) is 0 Å². The fraction of sp³-hybridized carbons (Fsp3) is 0.714. The monoisotopic (exact) mass is 179 g/mol. The Balaban J connectivity index is 3.51. The van der Waals surface area contributed by atoms with Crippen LogP contribution in [0.4, 0.5) is 0 Å². The molecule has 0 aliphatic rings. The quantitative estimate of drug-likeness (QED) is 0.512. The summed E-state index contributed by atoms with van der Waals surface area (Å²) in [7, 11) is 0. The van der Waals surface area contributed by atoms with Crippen LogP contribution in [0.5, 0.6) is 0 Å². The lowest BCUT2D eigenvalue weighted by Crippen LogP contribution is -2.21. The maximum atomic E-state index is 10.3. The van der Waals surface area contributed by atoms with Crippen LogP contribution in [0, 0.1) is 6.92 Å². The van der Waals surface area contributed by atoms with Gasteiger partial charge in [0.25, 0.3) is 0 Å². The summed E-state index contributed by atoms with van der Waals surface area (Å²) in [4.78, 5) is 10.3. The van der Waals surface area contributed by atoms with Crippen molar-refractivity contribution in [3.8, 4) is 0 Å². The minimum absolute atomic E-state index is 0.132. The summed E-state index contributed by atoms with van der Waals surface area (Å²) in [6.07, 6.45) is -0.886. The topological polar surface area (TPSA) is 46.5 Å². The van der Waals surface area contributed by atoms with Crippen molar-refractivity contribution < 1.29 is 14.6 Å². The smallest absolute Gasteiger partial charge is 0.302 e. The molecule has 0 amide bonds.